The van der Waals surface area contributed by atoms with Crippen molar-refractivity contribution in [1.82, 2.24) is 4.57 Å². The molecule has 43 heavy (non-hydrogen) atoms. The van der Waals surface area contributed by atoms with Gasteiger partial charge in [-0.1, -0.05) is 0 Å². The van der Waals surface area contributed by atoms with E-state index in [1.165, 1.54) is 30.3 Å². The molecule has 3 N–H and O–H groups in total. The molecule has 1 saturated carbocycles. The summed E-state index contributed by atoms with van der Waals surface area (Å²) in [5.74, 6) is -3.13. The Balaban J connectivity index is 1.24. The van der Waals surface area contributed by atoms with Gasteiger partial charge in [0.2, 0.25) is 5.43 Å². The average Bonchev–Trinajstić information content (AvgIpc) is 3.64. The number of halogens is 2. The summed E-state index contributed by atoms with van der Waals surface area (Å²) in [6.07, 6.45) is 1.51. The number of aromatic nitrogens is 1. The molecule has 0 radical (unpaired) electrons. The molecule has 1 aromatic heterocycles. The van der Waals surface area contributed by atoms with Crippen molar-refractivity contribution in [3.05, 3.63) is 57.9 Å². The van der Waals surface area contributed by atoms with Crippen molar-refractivity contribution in [2.75, 3.05) is 49.8 Å². The molecule has 2 aromatic carbocycles. The third kappa shape index (κ3) is 5.10. The number of carboxylic acids is 1. The first-order valence-corrected chi connectivity index (χ1v) is 13.7. The molecule has 14 heteroatoms. The highest BCUT2D eigenvalue weighted by Crippen LogP contribution is 2.45. The van der Waals surface area contributed by atoms with E-state index in [1.807, 2.05) is 0 Å². The number of cyclic esters (lactones) is 1. The van der Waals surface area contributed by atoms with Crippen molar-refractivity contribution in [2.45, 2.75) is 37.0 Å². The van der Waals surface area contributed by atoms with Gasteiger partial charge in [-0.2, -0.15) is 0 Å². The zero-order valence-corrected chi connectivity index (χ0v) is 23.1. The van der Waals surface area contributed by atoms with E-state index < -0.39 is 46.4 Å². The number of aliphatic hydroxyl groups excluding tert-OH is 1. The van der Waals surface area contributed by atoms with Crippen molar-refractivity contribution >= 4 is 34.3 Å². The number of benzene rings is 2. The van der Waals surface area contributed by atoms with Gasteiger partial charge in [-0.15, -0.1) is 0 Å². The van der Waals surface area contributed by atoms with Crippen LogP contribution < -0.4 is 24.7 Å². The van der Waals surface area contributed by atoms with E-state index in [4.69, 9.17) is 14.2 Å². The predicted molar refractivity (Wildman–Crippen MR) is 148 cm³/mol. The van der Waals surface area contributed by atoms with Gasteiger partial charge in [0.05, 0.1) is 43.4 Å². The molecule has 3 fully saturated rings. The quantitative estimate of drug-likeness (QED) is 0.334. The van der Waals surface area contributed by atoms with Crippen LogP contribution in [0.3, 0.4) is 0 Å². The second-order valence-electron chi connectivity index (χ2n) is 11.1. The first-order valence-electron chi connectivity index (χ1n) is 13.7. The second kappa shape index (κ2) is 10.7. The third-order valence-corrected chi connectivity index (χ3v) is 8.02. The number of β-amino-alcohol motifs (C(OH)–C–C–N with tert-alkyl or cyclic N) is 1. The summed E-state index contributed by atoms with van der Waals surface area (Å²) in [4.78, 5) is 39.4. The zero-order valence-electron chi connectivity index (χ0n) is 23.1. The van der Waals surface area contributed by atoms with Crippen LogP contribution in [0.2, 0.25) is 0 Å². The van der Waals surface area contributed by atoms with Gasteiger partial charge in [0.25, 0.3) is 0 Å². The normalized spacial score (nSPS) is 21.9. The molecular formula is C29H29F2N3O9. The highest BCUT2D eigenvalue weighted by Gasteiger charge is 2.40. The Morgan fingerprint density at radius 1 is 1.19 bits per heavy atom. The molecule has 2 unspecified atom stereocenters. The minimum atomic E-state index is -1.51. The number of aliphatic hydroxyl groups is 2. The number of carboxylic acid groups (broad SMARTS) is 1. The Hall–Kier alpha value is -4.43. The maximum absolute atomic E-state index is 15.6. The van der Waals surface area contributed by atoms with E-state index >= 15 is 4.39 Å². The van der Waals surface area contributed by atoms with Crippen molar-refractivity contribution in [3.63, 3.8) is 0 Å². The number of hydrogen-bond acceptors (Lipinski definition) is 9. The number of pyridine rings is 1. The summed E-state index contributed by atoms with van der Waals surface area (Å²) in [6.45, 7) is -0.540. The van der Waals surface area contributed by atoms with Gasteiger partial charge in [0.1, 0.15) is 29.6 Å². The van der Waals surface area contributed by atoms with Crippen LogP contribution >= 0.6 is 0 Å². The highest BCUT2D eigenvalue weighted by atomic mass is 19.1. The van der Waals surface area contributed by atoms with E-state index in [9.17, 15) is 34.1 Å². The lowest BCUT2D eigenvalue weighted by atomic mass is 10.1. The average molecular weight is 602 g/mol. The number of aromatic carboxylic acids is 1. The molecule has 3 aliphatic rings. The van der Waals surface area contributed by atoms with Crippen molar-refractivity contribution in [1.29, 1.82) is 0 Å². The Labute approximate surface area is 243 Å². The van der Waals surface area contributed by atoms with E-state index in [2.05, 4.69) is 0 Å². The summed E-state index contributed by atoms with van der Waals surface area (Å²) < 4.78 is 48.4. The topological polar surface area (TPSA) is 151 Å². The number of carbonyl (C=O) groups is 2. The molecule has 2 aliphatic heterocycles. The number of ether oxygens (including phenoxy) is 3. The first kappa shape index (κ1) is 28.7. The summed E-state index contributed by atoms with van der Waals surface area (Å²) in [7, 11) is 1.33. The number of hydrogen-bond donors (Lipinski definition) is 3. The SMILES string of the molecule is COc1c(N2CCC(O)(COc3ccc(N4CC(CO)OC4=O)cc3F)C2)c(F)cc2c(=O)c(C(=O)O)cn(C3CC3)c12. The Morgan fingerprint density at radius 2 is 1.95 bits per heavy atom. The minimum Gasteiger partial charge on any atom is -0.492 e. The van der Waals surface area contributed by atoms with Crippen LogP contribution in [0, 0.1) is 11.6 Å². The van der Waals surface area contributed by atoms with Crippen molar-refractivity contribution in [3.8, 4) is 11.5 Å². The summed E-state index contributed by atoms with van der Waals surface area (Å²) >= 11 is 0. The fourth-order valence-corrected chi connectivity index (χ4v) is 5.70. The number of methoxy groups -OCH3 is 1. The second-order valence-corrected chi connectivity index (χ2v) is 11.1. The van der Waals surface area contributed by atoms with E-state index in [1.54, 1.807) is 9.47 Å². The van der Waals surface area contributed by atoms with Gasteiger partial charge in [0.15, 0.2) is 23.1 Å². The van der Waals surface area contributed by atoms with Gasteiger partial charge in [-0.05, 0) is 37.5 Å². The van der Waals surface area contributed by atoms with Gasteiger partial charge in [-0.25, -0.2) is 18.4 Å². The summed E-state index contributed by atoms with van der Waals surface area (Å²) in [5.41, 5.74) is -2.29. The molecular weight excluding hydrogens is 572 g/mol. The van der Waals surface area contributed by atoms with Crippen LogP contribution in [-0.2, 0) is 4.74 Å². The van der Waals surface area contributed by atoms with Crippen molar-refractivity contribution in [2.24, 2.45) is 0 Å². The lowest BCUT2D eigenvalue weighted by Gasteiger charge is -2.27. The van der Waals surface area contributed by atoms with Crippen molar-refractivity contribution < 1.29 is 47.9 Å². The standard InChI is InChI=1S/C29H29F2N3O9/c1-41-26-23-18(25(36)19(27(37)38)11-33(23)15-2-3-15)9-21(31)24(26)32-7-6-29(40,13-32)14-42-22-5-4-16(8-20(22)30)34-10-17(12-35)43-28(34)39/h4-5,8-9,11,15,17,35,40H,2-3,6-7,10,12-14H2,1H3,(H,37,38). The maximum atomic E-state index is 15.6. The van der Waals surface area contributed by atoms with E-state index in [0.717, 1.165) is 25.0 Å². The molecule has 3 heterocycles. The van der Waals surface area contributed by atoms with Gasteiger partial charge in [-0.3, -0.25) is 9.69 Å². The van der Waals surface area contributed by atoms with Crippen LogP contribution in [0.15, 0.2) is 35.3 Å². The number of anilines is 2. The van der Waals surface area contributed by atoms with Gasteiger partial charge >= 0.3 is 12.1 Å². The van der Waals surface area contributed by atoms with Crippen LogP contribution in [0.1, 0.15) is 35.7 Å². The van der Waals surface area contributed by atoms with E-state index in [-0.39, 0.29) is 79.1 Å². The molecule has 6 rings (SSSR count). The van der Waals surface area contributed by atoms with Crippen LogP contribution in [-0.4, -0.2) is 83.6 Å². The lowest BCUT2D eigenvalue weighted by molar-refractivity contribution is 0.0133. The monoisotopic (exact) mass is 601 g/mol. The maximum Gasteiger partial charge on any atom is 0.414 e. The van der Waals surface area contributed by atoms with Gasteiger partial charge in [0, 0.05) is 24.8 Å². The number of amides is 1. The summed E-state index contributed by atoms with van der Waals surface area (Å²) in [6, 6.07) is 4.80. The lowest BCUT2D eigenvalue weighted by Crippen LogP contribution is -2.39. The molecule has 1 aliphatic carbocycles. The number of nitrogens with zero attached hydrogens (tertiary/aromatic N) is 3. The number of rotatable bonds is 9. The van der Waals surface area contributed by atoms with E-state index in [0.29, 0.717) is 0 Å². The number of carbonyl (C=O) groups excluding carboxylic acids is 1. The molecule has 3 aromatic rings. The summed E-state index contributed by atoms with van der Waals surface area (Å²) in [5, 5.41) is 29.9. The van der Waals surface area contributed by atoms with Crippen LogP contribution in [0.5, 0.6) is 11.5 Å². The third-order valence-electron chi connectivity index (χ3n) is 8.02. The molecule has 0 bridgehead atoms. The number of fused-ring (bicyclic) bond motifs is 1. The molecule has 2 atom stereocenters. The fourth-order valence-electron chi connectivity index (χ4n) is 5.70. The predicted octanol–water partition coefficient (Wildman–Crippen LogP) is 2.66. The first-order chi connectivity index (χ1) is 20.5. The highest BCUT2D eigenvalue weighted by molar-refractivity contribution is 5.97. The Kier molecular flexibility index (Phi) is 7.13. The minimum absolute atomic E-state index is 0.0111. The van der Waals surface area contributed by atoms with Crippen LogP contribution in [0.4, 0.5) is 25.0 Å². The Bertz CT molecular complexity index is 1690. The smallest absolute Gasteiger partial charge is 0.414 e. The molecule has 1 amide bonds. The fraction of sp³-hybridized carbons (Fsp3) is 0.414. The zero-order chi connectivity index (χ0) is 30.6. The molecule has 0 spiro atoms. The molecule has 228 valence electrons. The van der Waals surface area contributed by atoms with Gasteiger partial charge < -0.3 is 39.0 Å². The largest absolute Gasteiger partial charge is 0.492 e. The molecule has 12 nitrogen and oxygen atoms in total. The van der Waals surface area contributed by atoms with Crippen LogP contribution in [0.25, 0.3) is 10.9 Å². The molecule has 2 saturated heterocycles. The Morgan fingerprint density at radius 3 is 2.58 bits per heavy atom.